The van der Waals surface area contributed by atoms with Crippen LogP contribution < -0.4 is 5.73 Å². The first-order valence-corrected chi connectivity index (χ1v) is 5.99. The van der Waals surface area contributed by atoms with Gasteiger partial charge in [0.15, 0.2) is 5.71 Å². The Bertz CT molecular complexity index is 601. The van der Waals surface area contributed by atoms with Gasteiger partial charge in [-0.05, 0) is 19.1 Å². The van der Waals surface area contributed by atoms with Crippen molar-refractivity contribution in [2.45, 2.75) is 6.92 Å². The lowest BCUT2D eigenvalue weighted by Crippen LogP contribution is -2.10. The van der Waals surface area contributed by atoms with Crippen LogP contribution in [-0.4, -0.2) is 11.4 Å². The maximum Gasteiger partial charge on any atom is 0.157 e. The first-order valence-electron chi connectivity index (χ1n) is 5.99. The Balaban J connectivity index is 0.000000217. The molecule has 0 aliphatic carbocycles. The van der Waals surface area contributed by atoms with Crippen LogP contribution in [0.5, 0.6) is 0 Å². The summed E-state index contributed by atoms with van der Waals surface area (Å²) in [5.41, 5.74) is 7.77. The zero-order chi connectivity index (χ0) is 15.0. The molecule has 0 amide bonds. The summed E-state index contributed by atoms with van der Waals surface area (Å²) in [5.74, 6) is 0. The quantitative estimate of drug-likeness (QED) is 0.573. The summed E-state index contributed by atoms with van der Waals surface area (Å²) in [6.07, 6.45) is 0. The molecular weight excluding hydrogens is 248 g/mol. The van der Waals surface area contributed by atoms with Crippen molar-refractivity contribution in [1.29, 1.82) is 16.1 Å². The molecule has 0 aromatic heterocycles. The number of nitrogen functional groups attached to an aromatic ring is 1. The van der Waals surface area contributed by atoms with E-state index in [9.17, 15) is 0 Å². The molecule has 0 unspecified atom stereocenters. The molecule has 0 saturated heterocycles. The lowest BCUT2D eigenvalue weighted by Gasteiger charge is -1.97. The van der Waals surface area contributed by atoms with Gasteiger partial charge in [0.1, 0.15) is 6.07 Å². The van der Waals surface area contributed by atoms with Crippen LogP contribution in [0.15, 0.2) is 54.6 Å². The largest absolute Gasteiger partial charge is 0.399 e. The predicted molar refractivity (Wildman–Crippen MR) is 82.2 cm³/mol. The van der Waals surface area contributed by atoms with Gasteiger partial charge in [-0.25, -0.2) is 0 Å². The molecular formula is C16H16N4. The van der Waals surface area contributed by atoms with Gasteiger partial charge in [-0.1, -0.05) is 48.0 Å². The van der Waals surface area contributed by atoms with Crippen molar-refractivity contribution in [1.82, 2.24) is 0 Å². The van der Waals surface area contributed by atoms with Gasteiger partial charge in [0.05, 0.1) is 5.71 Å². The van der Waals surface area contributed by atoms with E-state index in [-0.39, 0.29) is 11.4 Å². The van der Waals surface area contributed by atoms with E-state index in [0.717, 1.165) is 5.69 Å². The van der Waals surface area contributed by atoms with Crippen molar-refractivity contribution in [3.05, 3.63) is 65.7 Å². The van der Waals surface area contributed by atoms with E-state index in [1.807, 2.05) is 37.3 Å². The van der Waals surface area contributed by atoms with Crippen LogP contribution in [0.3, 0.4) is 0 Å². The van der Waals surface area contributed by atoms with Crippen LogP contribution in [0.1, 0.15) is 11.1 Å². The predicted octanol–water partition coefficient (Wildman–Crippen LogP) is 3.18. The van der Waals surface area contributed by atoms with Crippen molar-refractivity contribution in [3.63, 3.8) is 0 Å². The molecule has 4 N–H and O–H groups in total. The summed E-state index contributed by atoms with van der Waals surface area (Å²) < 4.78 is 0. The van der Waals surface area contributed by atoms with Gasteiger partial charge in [0, 0.05) is 11.3 Å². The van der Waals surface area contributed by atoms with Gasteiger partial charge in [-0.3, -0.25) is 10.8 Å². The number of anilines is 1. The molecule has 4 nitrogen and oxygen atoms in total. The SMILES string of the molecule is Cc1ccc(N)cc1.N#CC(=N)C(=N)c1ccccc1. The fourth-order valence-electron chi connectivity index (χ4n) is 1.37. The number of benzene rings is 2. The lowest BCUT2D eigenvalue weighted by atomic mass is 10.1. The highest BCUT2D eigenvalue weighted by Gasteiger charge is 2.04. The van der Waals surface area contributed by atoms with Crippen molar-refractivity contribution in [2.75, 3.05) is 5.73 Å². The summed E-state index contributed by atoms with van der Waals surface area (Å²) in [4.78, 5) is 0. The first kappa shape index (κ1) is 15.1. The van der Waals surface area contributed by atoms with Crippen molar-refractivity contribution in [3.8, 4) is 6.07 Å². The second kappa shape index (κ2) is 7.49. The van der Waals surface area contributed by atoms with Gasteiger partial charge in [-0.15, -0.1) is 0 Å². The van der Waals surface area contributed by atoms with E-state index >= 15 is 0 Å². The van der Waals surface area contributed by atoms with E-state index in [4.69, 9.17) is 21.8 Å². The van der Waals surface area contributed by atoms with E-state index in [0.29, 0.717) is 5.56 Å². The average Bonchev–Trinajstić information content (AvgIpc) is 2.50. The smallest absolute Gasteiger partial charge is 0.157 e. The minimum atomic E-state index is -0.304. The number of nitrogens with zero attached hydrogens (tertiary/aromatic N) is 1. The normalized spacial score (nSPS) is 8.80. The highest BCUT2D eigenvalue weighted by atomic mass is 14.5. The molecule has 0 heterocycles. The lowest BCUT2D eigenvalue weighted by molar-refractivity contribution is 1.46. The third kappa shape index (κ3) is 4.75. The fraction of sp³-hybridized carbons (Fsp3) is 0.0625. The van der Waals surface area contributed by atoms with E-state index in [1.165, 1.54) is 5.56 Å². The van der Waals surface area contributed by atoms with Crippen molar-refractivity contribution >= 4 is 17.1 Å². The summed E-state index contributed by atoms with van der Waals surface area (Å²) in [5, 5.41) is 22.8. The molecule has 0 saturated carbocycles. The molecule has 20 heavy (non-hydrogen) atoms. The molecule has 4 heteroatoms. The van der Waals surface area contributed by atoms with Gasteiger partial charge < -0.3 is 5.73 Å². The molecule has 0 radical (unpaired) electrons. The number of hydrogen-bond donors (Lipinski definition) is 3. The maximum absolute atomic E-state index is 8.35. The molecule has 0 spiro atoms. The Morgan fingerprint density at radius 1 is 1.00 bits per heavy atom. The maximum atomic E-state index is 8.35. The van der Waals surface area contributed by atoms with Crippen molar-refractivity contribution < 1.29 is 0 Å². The Morgan fingerprint density at radius 3 is 2.00 bits per heavy atom. The van der Waals surface area contributed by atoms with Crippen molar-refractivity contribution in [2.24, 2.45) is 0 Å². The number of nitrogens with two attached hydrogens (primary N) is 1. The molecule has 0 fully saturated rings. The number of rotatable bonds is 2. The number of nitrogens with one attached hydrogen (secondary N) is 2. The van der Waals surface area contributed by atoms with Crippen LogP contribution >= 0.6 is 0 Å². The molecule has 2 aromatic rings. The summed E-state index contributed by atoms with van der Waals surface area (Å²) >= 11 is 0. The third-order valence-electron chi connectivity index (χ3n) is 2.50. The Kier molecular flexibility index (Phi) is 5.67. The molecule has 2 rings (SSSR count). The van der Waals surface area contributed by atoms with Crippen LogP contribution in [0, 0.1) is 29.1 Å². The van der Waals surface area contributed by atoms with E-state index in [1.54, 1.807) is 30.3 Å². The second-order valence-corrected chi connectivity index (χ2v) is 4.14. The minimum Gasteiger partial charge on any atom is -0.399 e. The van der Waals surface area contributed by atoms with Gasteiger partial charge in [-0.2, -0.15) is 5.26 Å². The molecule has 0 aliphatic rings. The molecule has 0 atom stereocenters. The number of nitriles is 1. The third-order valence-corrected chi connectivity index (χ3v) is 2.50. The van der Waals surface area contributed by atoms with E-state index < -0.39 is 0 Å². The highest BCUT2D eigenvalue weighted by molar-refractivity contribution is 6.51. The monoisotopic (exact) mass is 264 g/mol. The second-order valence-electron chi connectivity index (χ2n) is 4.14. The van der Waals surface area contributed by atoms with Crippen LogP contribution in [0.4, 0.5) is 5.69 Å². The van der Waals surface area contributed by atoms with Crippen LogP contribution in [-0.2, 0) is 0 Å². The molecule has 100 valence electrons. The average molecular weight is 264 g/mol. The Morgan fingerprint density at radius 2 is 1.55 bits per heavy atom. The molecule has 0 aliphatic heterocycles. The standard InChI is InChI=1S/C9H7N3.C7H9N/c10-6-8(11)9(12)7-4-2-1-3-5-7;1-6-2-4-7(8)5-3-6/h1-5,11-12H;2-5H,8H2,1H3. The Hall–Kier alpha value is -2.93. The first-order chi connectivity index (χ1) is 9.54. The Labute approximate surface area is 118 Å². The van der Waals surface area contributed by atoms with Gasteiger partial charge in [0.2, 0.25) is 0 Å². The van der Waals surface area contributed by atoms with E-state index in [2.05, 4.69) is 0 Å². The summed E-state index contributed by atoms with van der Waals surface area (Å²) in [6.45, 7) is 2.04. The fourth-order valence-corrected chi connectivity index (χ4v) is 1.37. The molecule has 0 bridgehead atoms. The highest BCUT2D eigenvalue weighted by Crippen LogP contribution is 2.02. The van der Waals surface area contributed by atoms with Crippen LogP contribution in [0.25, 0.3) is 0 Å². The van der Waals surface area contributed by atoms with Gasteiger partial charge in [0.25, 0.3) is 0 Å². The van der Waals surface area contributed by atoms with Crippen LogP contribution in [0.2, 0.25) is 0 Å². The summed E-state index contributed by atoms with van der Waals surface area (Å²) in [7, 11) is 0. The van der Waals surface area contributed by atoms with Gasteiger partial charge >= 0.3 is 0 Å². The topological polar surface area (TPSA) is 97.5 Å². The number of aryl methyl sites for hydroxylation is 1. The zero-order valence-electron chi connectivity index (χ0n) is 11.2. The number of hydrogen-bond acceptors (Lipinski definition) is 4. The summed E-state index contributed by atoms with van der Waals surface area (Å²) in [6, 6.07) is 18.2. The minimum absolute atomic E-state index is 0.0295. The molecule has 2 aromatic carbocycles. The zero-order valence-corrected chi connectivity index (χ0v) is 11.2.